The minimum Gasteiger partial charge on any atom is -0.497 e. The number of aromatic nitrogens is 2. The van der Waals surface area contributed by atoms with Crippen LogP contribution in [0.5, 0.6) is 5.75 Å². The summed E-state index contributed by atoms with van der Waals surface area (Å²) >= 11 is 1.18. The number of ether oxygens (including phenoxy) is 1. The second-order valence-corrected chi connectivity index (χ2v) is 7.87. The highest BCUT2D eigenvalue weighted by Crippen LogP contribution is 2.24. The van der Waals surface area contributed by atoms with Crippen molar-refractivity contribution in [2.24, 2.45) is 0 Å². The monoisotopic (exact) mass is 380 g/mol. The summed E-state index contributed by atoms with van der Waals surface area (Å²) in [4.78, 5) is 19.0. The van der Waals surface area contributed by atoms with Crippen LogP contribution in [0.2, 0.25) is 0 Å². The third-order valence-electron chi connectivity index (χ3n) is 3.08. The fourth-order valence-corrected chi connectivity index (χ4v) is 3.28. The van der Waals surface area contributed by atoms with E-state index in [1.165, 1.54) is 11.8 Å². The fourth-order valence-electron chi connectivity index (χ4n) is 1.96. The molecule has 132 valence electrons. The van der Waals surface area contributed by atoms with Crippen molar-refractivity contribution in [1.82, 2.24) is 14.7 Å². The van der Waals surface area contributed by atoms with Crippen molar-refractivity contribution >= 4 is 21.8 Å². The summed E-state index contributed by atoms with van der Waals surface area (Å²) in [6, 6.07) is 8.71. The average Bonchev–Trinajstić information content (AvgIpc) is 2.57. The van der Waals surface area contributed by atoms with Gasteiger partial charge in [-0.1, -0.05) is 11.8 Å². The van der Waals surface area contributed by atoms with Gasteiger partial charge in [-0.2, -0.15) is 5.26 Å². The zero-order chi connectivity index (χ0) is 18.4. The molecule has 2 rings (SSSR count). The van der Waals surface area contributed by atoms with Gasteiger partial charge in [0.25, 0.3) is 5.56 Å². The molecule has 0 spiro atoms. The van der Waals surface area contributed by atoms with Crippen molar-refractivity contribution in [3.63, 3.8) is 0 Å². The van der Waals surface area contributed by atoms with Gasteiger partial charge < -0.3 is 9.72 Å². The molecule has 0 aliphatic heterocycles. The van der Waals surface area contributed by atoms with Gasteiger partial charge in [0.2, 0.25) is 10.0 Å². The van der Waals surface area contributed by atoms with Crippen LogP contribution in [-0.4, -0.2) is 44.0 Å². The highest BCUT2D eigenvalue weighted by molar-refractivity contribution is 7.99. The molecule has 0 amide bonds. The molecule has 0 aliphatic rings. The molecule has 0 bridgehead atoms. The molecule has 0 radical (unpaired) electrons. The van der Waals surface area contributed by atoms with E-state index in [2.05, 4.69) is 14.7 Å². The van der Waals surface area contributed by atoms with Crippen molar-refractivity contribution in [3.8, 4) is 23.1 Å². The lowest BCUT2D eigenvalue weighted by Gasteiger charge is -2.07. The molecule has 10 heteroatoms. The van der Waals surface area contributed by atoms with E-state index >= 15 is 0 Å². The van der Waals surface area contributed by atoms with Crippen molar-refractivity contribution < 1.29 is 13.2 Å². The first kappa shape index (κ1) is 19.0. The van der Waals surface area contributed by atoms with E-state index in [0.29, 0.717) is 22.2 Å². The molecule has 1 aromatic heterocycles. The van der Waals surface area contributed by atoms with E-state index in [1.807, 2.05) is 6.07 Å². The first-order chi connectivity index (χ1) is 11.8. The van der Waals surface area contributed by atoms with Gasteiger partial charge in [-0.3, -0.25) is 4.79 Å². The maximum absolute atomic E-state index is 12.1. The lowest BCUT2D eigenvalue weighted by atomic mass is 10.1. The quantitative estimate of drug-likeness (QED) is 0.416. The normalized spacial score (nSPS) is 11.1. The van der Waals surface area contributed by atoms with Gasteiger partial charge in [0.15, 0.2) is 5.16 Å². The number of hydrogen-bond donors (Lipinski definition) is 2. The van der Waals surface area contributed by atoms with E-state index in [9.17, 15) is 18.5 Å². The number of thioether (sulfide) groups is 1. The van der Waals surface area contributed by atoms with Gasteiger partial charge >= 0.3 is 0 Å². The van der Waals surface area contributed by atoms with E-state index < -0.39 is 15.6 Å². The molecule has 0 atom stereocenters. The number of methoxy groups -OCH3 is 1. The maximum atomic E-state index is 12.1. The average molecular weight is 380 g/mol. The Kier molecular flexibility index (Phi) is 6.19. The molecule has 0 unspecified atom stereocenters. The van der Waals surface area contributed by atoms with Crippen LogP contribution in [0.1, 0.15) is 5.56 Å². The summed E-state index contributed by atoms with van der Waals surface area (Å²) in [5.41, 5.74) is 0.262. The molecule has 25 heavy (non-hydrogen) atoms. The summed E-state index contributed by atoms with van der Waals surface area (Å²) in [6.07, 6.45) is 1.07. The Bertz CT molecular complexity index is 947. The molecule has 8 nitrogen and oxygen atoms in total. The van der Waals surface area contributed by atoms with Crippen LogP contribution in [-0.2, 0) is 10.0 Å². The Morgan fingerprint density at radius 1 is 1.36 bits per heavy atom. The number of sulfonamides is 1. The van der Waals surface area contributed by atoms with Crippen LogP contribution in [0.3, 0.4) is 0 Å². The SMILES string of the molecule is COc1ccc(-c2nc(SCCNS(C)(=O)=O)[nH]c(=O)c2C#N)cc1. The molecule has 0 fully saturated rings. The van der Waals surface area contributed by atoms with Crippen molar-refractivity contribution in [2.45, 2.75) is 5.16 Å². The number of nitrogens with zero attached hydrogens (tertiary/aromatic N) is 2. The molecule has 2 aromatic rings. The molecule has 1 aromatic carbocycles. The number of rotatable bonds is 7. The second-order valence-electron chi connectivity index (χ2n) is 4.95. The van der Waals surface area contributed by atoms with Gasteiger partial charge in [-0.15, -0.1) is 0 Å². The van der Waals surface area contributed by atoms with Crippen LogP contribution < -0.4 is 15.0 Å². The predicted octanol–water partition coefficient (Wildman–Crippen LogP) is 0.958. The number of hydrogen-bond acceptors (Lipinski definition) is 7. The Hall–Kier alpha value is -2.35. The van der Waals surface area contributed by atoms with Gasteiger partial charge in [0, 0.05) is 17.9 Å². The topological polar surface area (TPSA) is 125 Å². The number of benzene rings is 1. The first-order valence-electron chi connectivity index (χ1n) is 7.10. The molecule has 1 heterocycles. The summed E-state index contributed by atoms with van der Waals surface area (Å²) in [5, 5.41) is 9.55. The smallest absolute Gasteiger partial charge is 0.270 e. The van der Waals surface area contributed by atoms with Crippen LogP contribution in [0.25, 0.3) is 11.3 Å². The van der Waals surface area contributed by atoms with Crippen LogP contribution in [0.4, 0.5) is 0 Å². The van der Waals surface area contributed by atoms with E-state index in [4.69, 9.17) is 4.74 Å². The van der Waals surface area contributed by atoms with Gasteiger partial charge in [-0.05, 0) is 24.3 Å². The lowest BCUT2D eigenvalue weighted by Crippen LogP contribution is -2.24. The summed E-state index contributed by atoms with van der Waals surface area (Å²) in [7, 11) is -1.72. The highest BCUT2D eigenvalue weighted by atomic mass is 32.2. The molecule has 0 saturated carbocycles. The maximum Gasteiger partial charge on any atom is 0.270 e. The van der Waals surface area contributed by atoms with Gasteiger partial charge in [0.05, 0.1) is 19.1 Å². The molecule has 0 aliphatic carbocycles. The largest absolute Gasteiger partial charge is 0.497 e. The second kappa shape index (κ2) is 8.15. The highest BCUT2D eigenvalue weighted by Gasteiger charge is 2.14. The Labute approximate surface area is 149 Å². The van der Waals surface area contributed by atoms with Gasteiger partial charge in [0.1, 0.15) is 17.4 Å². The summed E-state index contributed by atoms with van der Waals surface area (Å²) in [5.74, 6) is 1.03. The Morgan fingerprint density at radius 3 is 2.60 bits per heavy atom. The van der Waals surface area contributed by atoms with Crippen molar-refractivity contribution in [1.29, 1.82) is 5.26 Å². The Morgan fingerprint density at radius 2 is 2.04 bits per heavy atom. The Balaban J connectivity index is 2.27. The standard InChI is InChI=1S/C15H16N4O4S2/c1-23-11-5-3-10(4-6-11)13-12(9-16)14(20)19-15(18-13)24-8-7-17-25(2,21)22/h3-6,17H,7-8H2,1-2H3,(H,18,19,20). The molecular formula is C15H16N4O4S2. The first-order valence-corrected chi connectivity index (χ1v) is 9.98. The lowest BCUT2D eigenvalue weighted by molar-refractivity contribution is 0.415. The number of nitriles is 1. The molecule has 0 saturated heterocycles. The number of nitrogens with one attached hydrogen (secondary N) is 2. The summed E-state index contributed by atoms with van der Waals surface area (Å²) in [6.45, 7) is 0.199. The van der Waals surface area contributed by atoms with Gasteiger partial charge in [-0.25, -0.2) is 18.1 Å². The van der Waals surface area contributed by atoms with Crippen LogP contribution in [0, 0.1) is 11.3 Å². The minimum absolute atomic E-state index is 0.0798. The van der Waals surface area contributed by atoms with E-state index in [0.717, 1.165) is 6.26 Å². The zero-order valence-electron chi connectivity index (χ0n) is 13.6. The van der Waals surface area contributed by atoms with E-state index in [-0.39, 0.29) is 17.8 Å². The fraction of sp³-hybridized carbons (Fsp3) is 0.267. The molecule has 2 N–H and O–H groups in total. The van der Waals surface area contributed by atoms with Crippen LogP contribution in [0.15, 0.2) is 34.2 Å². The predicted molar refractivity (Wildman–Crippen MR) is 95.1 cm³/mol. The minimum atomic E-state index is -3.27. The zero-order valence-corrected chi connectivity index (χ0v) is 15.2. The summed E-state index contributed by atoms with van der Waals surface area (Å²) < 4.78 is 29.5. The van der Waals surface area contributed by atoms with Crippen molar-refractivity contribution in [3.05, 3.63) is 40.2 Å². The van der Waals surface area contributed by atoms with E-state index in [1.54, 1.807) is 31.4 Å². The number of aromatic amines is 1. The third kappa shape index (κ3) is 5.32. The third-order valence-corrected chi connectivity index (χ3v) is 4.68. The molecular weight excluding hydrogens is 364 g/mol. The van der Waals surface area contributed by atoms with Crippen molar-refractivity contribution in [2.75, 3.05) is 25.7 Å². The number of H-pyrrole nitrogens is 1. The van der Waals surface area contributed by atoms with Crippen LogP contribution >= 0.6 is 11.8 Å².